The number of aromatic nitrogens is 2. The Morgan fingerprint density at radius 1 is 0.946 bits per heavy atom. The van der Waals surface area contributed by atoms with E-state index in [1.165, 1.54) is 37.8 Å². The predicted molar refractivity (Wildman–Crippen MR) is 150 cm³/mol. The number of imidazole rings is 1. The number of nitrogens with zero attached hydrogens (tertiary/aromatic N) is 3. The SMILES string of the molecule is CC(C)[C@@H]1CC[C@@H](C)CC1OC(=O)[C@@H](C)n1c(-c2ccc(N(C3CC3)C3CC3)cc2)nc2ccccc21. The number of esters is 1. The van der Waals surface area contributed by atoms with Crippen molar-refractivity contribution in [2.45, 2.75) is 96.9 Å². The molecule has 0 aliphatic heterocycles. The maximum Gasteiger partial charge on any atom is 0.329 e. The van der Waals surface area contributed by atoms with Crippen LogP contribution >= 0.6 is 0 Å². The monoisotopic (exact) mass is 499 g/mol. The van der Waals surface area contributed by atoms with Gasteiger partial charge in [0.05, 0.1) is 11.0 Å². The average Bonchev–Trinajstić information content (AvgIpc) is 3.83. The highest BCUT2D eigenvalue weighted by atomic mass is 16.5. The Kier molecular flexibility index (Phi) is 6.50. The molecule has 37 heavy (non-hydrogen) atoms. The molecule has 5 nitrogen and oxygen atoms in total. The lowest BCUT2D eigenvalue weighted by Gasteiger charge is -2.37. The van der Waals surface area contributed by atoms with Crippen LogP contribution in [0.15, 0.2) is 48.5 Å². The number of benzene rings is 2. The molecule has 0 spiro atoms. The van der Waals surface area contributed by atoms with Gasteiger partial charge in [0.25, 0.3) is 0 Å². The average molecular weight is 500 g/mol. The molecule has 3 fully saturated rings. The van der Waals surface area contributed by atoms with Crippen LogP contribution < -0.4 is 4.90 Å². The molecule has 1 unspecified atom stereocenters. The van der Waals surface area contributed by atoms with Crippen molar-refractivity contribution in [1.82, 2.24) is 9.55 Å². The van der Waals surface area contributed by atoms with Gasteiger partial charge < -0.3 is 14.2 Å². The van der Waals surface area contributed by atoms with Gasteiger partial charge in [0, 0.05) is 23.3 Å². The Labute approximate surface area is 221 Å². The maximum atomic E-state index is 13.6. The van der Waals surface area contributed by atoms with E-state index in [0.29, 0.717) is 17.8 Å². The van der Waals surface area contributed by atoms with E-state index in [4.69, 9.17) is 9.72 Å². The Morgan fingerprint density at radius 2 is 1.62 bits per heavy atom. The van der Waals surface area contributed by atoms with E-state index in [2.05, 4.69) is 60.6 Å². The van der Waals surface area contributed by atoms with Crippen LogP contribution in [0.5, 0.6) is 0 Å². The highest BCUT2D eigenvalue weighted by Gasteiger charge is 2.39. The zero-order valence-corrected chi connectivity index (χ0v) is 22.8. The van der Waals surface area contributed by atoms with Crippen molar-refractivity contribution >= 4 is 22.7 Å². The van der Waals surface area contributed by atoms with E-state index in [1.54, 1.807) is 0 Å². The molecule has 196 valence electrons. The Bertz CT molecular complexity index is 1240. The fourth-order valence-corrected chi connectivity index (χ4v) is 6.45. The van der Waals surface area contributed by atoms with Crippen molar-refractivity contribution in [1.29, 1.82) is 0 Å². The topological polar surface area (TPSA) is 47.4 Å². The number of carbonyl (C=O) groups excluding carboxylic acids is 1. The van der Waals surface area contributed by atoms with Gasteiger partial charge in [-0.25, -0.2) is 9.78 Å². The molecule has 0 saturated heterocycles. The van der Waals surface area contributed by atoms with Crippen molar-refractivity contribution in [2.75, 3.05) is 4.90 Å². The van der Waals surface area contributed by atoms with Crippen LogP contribution in [0.4, 0.5) is 5.69 Å². The number of para-hydroxylation sites is 2. The van der Waals surface area contributed by atoms with Gasteiger partial charge in [-0.2, -0.15) is 0 Å². The lowest BCUT2D eigenvalue weighted by atomic mass is 9.75. The summed E-state index contributed by atoms with van der Waals surface area (Å²) < 4.78 is 8.37. The molecule has 1 heterocycles. The quantitative estimate of drug-likeness (QED) is 0.303. The van der Waals surface area contributed by atoms with Crippen LogP contribution in [0.3, 0.4) is 0 Å². The largest absolute Gasteiger partial charge is 0.461 e. The van der Waals surface area contributed by atoms with Gasteiger partial charge in [0.1, 0.15) is 18.0 Å². The molecule has 2 aromatic carbocycles. The summed E-state index contributed by atoms with van der Waals surface area (Å²) in [5.74, 6) is 2.21. The number of fused-ring (bicyclic) bond motifs is 1. The minimum Gasteiger partial charge on any atom is -0.461 e. The molecular formula is C32H41N3O2. The van der Waals surface area contributed by atoms with Crippen molar-refractivity contribution in [3.8, 4) is 11.4 Å². The Balaban J connectivity index is 1.30. The first-order valence-electron chi connectivity index (χ1n) is 14.5. The van der Waals surface area contributed by atoms with Gasteiger partial charge in [0.2, 0.25) is 0 Å². The second-order valence-corrected chi connectivity index (χ2v) is 12.2. The second kappa shape index (κ2) is 9.81. The standard InChI is InChI=1S/C32H41N3O2/c1-20(2)27-18-9-21(3)19-30(27)37-32(36)22(4)34-29-8-6-5-7-28(29)33-31(34)23-10-12-24(13-11-23)35(25-14-15-25)26-16-17-26/h5-8,10-13,20-22,25-27,30H,9,14-19H2,1-4H3/t21-,22-,27+,30?/m1/s1. The second-order valence-electron chi connectivity index (χ2n) is 12.2. The number of anilines is 1. The van der Waals surface area contributed by atoms with Gasteiger partial charge in [0.15, 0.2) is 0 Å². The van der Waals surface area contributed by atoms with Gasteiger partial charge in [-0.1, -0.05) is 39.3 Å². The van der Waals surface area contributed by atoms with Crippen LogP contribution in [0, 0.1) is 17.8 Å². The number of rotatable bonds is 8. The van der Waals surface area contributed by atoms with E-state index < -0.39 is 6.04 Å². The summed E-state index contributed by atoms with van der Waals surface area (Å²) in [6, 6.07) is 18.0. The van der Waals surface area contributed by atoms with E-state index in [-0.39, 0.29) is 12.1 Å². The minimum atomic E-state index is -0.457. The molecule has 3 saturated carbocycles. The fraction of sp³-hybridized carbons (Fsp3) is 0.562. The molecule has 5 heteroatoms. The van der Waals surface area contributed by atoms with E-state index in [0.717, 1.165) is 47.3 Å². The van der Waals surface area contributed by atoms with Crippen molar-refractivity contribution in [2.24, 2.45) is 17.8 Å². The number of hydrogen-bond acceptors (Lipinski definition) is 4. The first-order chi connectivity index (χ1) is 17.9. The van der Waals surface area contributed by atoms with E-state index >= 15 is 0 Å². The van der Waals surface area contributed by atoms with E-state index in [1.807, 2.05) is 25.1 Å². The molecule has 4 atom stereocenters. The third kappa shape index (κ3) is 4.89. The molecular weight excluding hydrogens is 458 g/mol. The van der Waals surface area contributed by atoms with Gasteiger partial charge in [-0.3, -0.25) is 0 Å². The summed E-state index contributed by atoms with van der Waals surface area (Å²) in [6.45, 7) is 8.75. The third-order valence-electron chi connectivity index (χ3n) is 8.86. The predicted octanol–water partition coefficient (Wildman–Crippen LogP) is 7.40. The van der Waals surface area contributed by atoms with Crippen LogP contribution in [0.2, 0.25) is 0 Å². The number of carbonyl (C=O) groups is 1. The fourth-order valence-electron chi connectivity index (χ4n) is 6.45. The molecule has 3 aliphatic carbocycles. The summed E-state index contributed by atoms with van der Waals surface area (Å²) in [7, 11) is 0. The van der Waals surface area contributed by atoms with Crippen molar-refractivity contribution in [3.05, 3.63) is 48.5 Å². The van der Waals surface area contributed by atoms with E-state index in [9.17, 15) is 4.79 Å². The molecule has 0 bridgehead atoms. The van der Waals surface area contributed by atoms with Gasteiger partial charge in [-0.05, 0) is 99.6 Å². The zero-order valence-electron chi connectivity index (χ0n) is 22.8. The number of hydrogen-bond donors (Lipinski definition) is 0. The highest BCUT2D eigenvalue weighted by molar-refractivity contribution is 5.85. The molecule has 3 aromatic rings. The molecule has 6 rings (SSSR count). The highest BCUT2D eigenvalue weighted by Crippen LogP contribution is 2.42. The molecule has 1 aromatic heterocycles. The Morgan fingerprint density at radius 3 is 2.27 bits per heavy atom. The summed E-state index contributed by atoms with van der Waals surface area (Å²) >= 11 is 0. The van der Waals surface area contributed by atoms with Crippen LogP contribution in [0.25, 0.3) is 22.4 Å². The first kappa shape index (κ1) is 24.5. The molecule has 0 radical (unpaired) electrons. The number of ether oxygens (including phenoxy) is 1. The summed E-state index contributed by atoms with van der Waals surface area (Å²) in [5.41, 5.74) is 4.23. The normalized spacial score (nSPS) is 24.8. The van der Waals surface area contributed by atoms with Crippen molar-refractivity contribution in [3.63, 3.8) is 0 Å². The minimum absolute atomic E-state index is 0.00736. The van der Waals surface area contributed by atoms with Gasteiger partial charge in [-0.15, -0.1) is 0 Å². The van der Waals surface area contributed by atoms with Gasteiger partial charge >= 0.3 is 5.97 Å². The molecule has 0 amide bonds. The van der Waals surface area contributed by atoms with Crippen LogP contribution in [-0.4, -0.2) is 33.7 Å². The lowest BCUT2D eigenvalue weighted by molar-refractivity contribution is -0.159. The summed E-state index contributed by atoms with van der Waals surface area (Å²) in [4.78, 5) is 21.3. The summed E-state index contributed by atoms with van der Waals surface area (Å²) in [6.07, 6.45) is 8.55. The molecule has 3 aliphatic rings. The smallest absolute Gasteiger partial charge is 0.329 e. The molecule has 0 N–H and O–H groups in total. The summed E-state index contributed by atoms with van der Waals surface area (Å²) in [5, 5.41) is 0. The van der Waals surface area contributed by atoms with Crippen LogP contribution in [0.1, 0.15) is 78.7 Å². The maximum absolute atomic E-state index is 13.6. The lowest BCUT2D eigenvalue weighted by Crippen LogP contribution is -2.37. The van der Waals surface area contributed by atoms with Crippen molar-refractivity contribution < 1.29 is 9.53 Å². The first-order valence-corrected chi connectivity index (χ1v) is 14.5. The zero-order chi connectivity index (χ0) is 25.7. The Hall–Kier alpha value is -2.82. The third-order valence-corrected chi connectivity index (χ3v) is 8.86. The van der Waals surface area contributed by atoms with Crippen LogP contribution in [-0.2, 0) is 9.53 Å².